The normalized spacial score (nSPS) is 12.6. The highest BCUT2D eigenvalue weighted by molar-refractivity contribution is 6.57. The Hall–Kier alpha value is -3.28. The first-order chi connectivity index (χ1) is 21.3. The lowest BCUT2D eigenvalue weighted by Gasteiger charge is -2.13. The molecule has 0 spiro atoms. The average molecular weight is 605 g/mol. The number of carboxylic acid groups (broad SMARTS) is 2. The molecule has 0 bridgehead atoms. The number of rotatable bonds is 24. The molecule has 0 saturated heterocycles. The number of hydrogen-bond donors (Lipinski definition) is 2. The third kappa shape index (κ3) is 13.2. The summed E-state index contributed by atoms with van der Waals surface area (Å²) in [5.74, 6) is -2.30. The molecule has 1 aliphatic carbocycles. The Morgan fingerprint density at radius 2 is 0.727 bits per heavy atom. The Kier molecular flexibility index (Phi) is 15.9. The molecule has 1 aliphatic rings. The highest BCUT2D eigenvalue weighted by Gasteiger charge is 2.13. The summed E-state index contributed by atoms with van der Waals surface area (Å²) in [5.41, 5.74) is 2.80. The maximum Gasteiger partial charge on any atom is 0.303 e. The Bertz CT molecular complexity index is 1270. The molecule has 0 unspecified atom stereocenters. The van der Waals surface area contributed by atoms with Crippen LogP contribution in [-0.4, -0.2) is 33.7 Å². The fourth-order valence-electron chi connectivity index (χ4n) is 6.28. The predicted molar refractivity (Wildman–Crippen MR) is 177 cm³/mol. The van der Waals surface area contributed by atoms with Gasteiger partial charge in [0.1, 0.15) is 0 Å². The van der Waals surface area contributed by atoms with Crippen LogP contribution in [-0.2, 0) is 32.0 Å². The van der Waals surface area contributed by atoms with E-state index in [9.17, 15) is 19.2 Å². The number of ketones is 2. The molecule has 0 amide bonds. The molecular weight excluding hydrogens is 552 g/mol. The average Bonchev–Trinajstić information content (AvgIpc) is 2.98. The minimum Gasteiger partial charge on any atom is -0.481 e. The maximum absolute atomic E-state index is 12.0. The van der Waals surface area contributed by atoms with E-state index in [1.165, 1.54) is 87.5 Å². The molecule has 0 atom stereocenters. The van der Waals surface area contributed by atoms with Gasteiger partial charge in [0.05, 0.1) is 0 Å². The first-order valence-electron chi connectivity index (χ1n) is 17.1. The van der Waals surface area contributed by atoms with Crippen molar-refractivity contribution in [2.75, 3.05) is 0 Å². The van der Waals surface area contributed by atoms with Gasteiger partial charge in [-0.2, -0.15) is 0 Å². The summed E-state index contributed by atoms with van der Waals surface area (Å²) in [5, 5.41) is 21.4. The van der Waals surface area contributed by atoms with Crippen molar-refractivity contribution in [3.63, 3.8) is 0 Å². The monoisotopic (exact) mass is 604 g/mol. The third-order valence-corrected chi connectivity index (χ3v) is 8.85. The first-order valence-corrected chi connectivity index (χ1v) is 17.1. The molecule has 3 rings (SSSR count). The summed E-state index contributed by atoms with van der Waals surface area (Å²) < 4.78 is 0. The van der Waals surface area contributed by atoms with Crippen LogP contribution >= 0.6 is 0 Å². The minimum absolute atomic E-state index is 0.284. The van der Waals surface area contributed by atoms with Crippen LogP contribution in [0.1, 0.15) is 140 Å². The van der Waals surface area contributed by atoms with E-state index in [1.54, 1.807) is 0 Å². The van der Waals surface area contributed by atoms with Crippen LogP contribution in [0.4, 0.5) is 0 Å². The van der Waals surface area contributed by atoms with Crippen LogP contribution in [0.25, 0.3) is 22.9 Å². The number of benzene rings is 2. The summed E-state index contributed by atoms with van der Waals surface area (Å²) in [7, 11) is 0. The van der Waals surface area contributed by atoms with Gasteiger partial charge >= 0.3 is 11.9 Å². The van der Waals surface area contributed by atoms with E-state index in [0.29, 0.717) is 0 Å². The summed E-state index contributed by atoms with van der Waals surface area (Å²) in [6, 6.07) is 8.72. The SMILES string of the molecule is O=C(O)CCCCCCCCCCCc1cc2cc3c(cc2cc1CCCCCCCCCCCC(=O)O)=CC(=O)C(=O)C=3. The summed E-state index contributed by atoms with van der Waals surface area (Å²) in [6.45, 7) is 0. The van der Waals surface area contributed by atoms with Crippen molar-refractivity contribution >= 4 is 46.4 Å². The van der Waals surface area contributed by atoms with Gasteiger partial charge in [-0.05, 0) is 95.1 Å². The third-order valence-electron chi connectivity index (χ3n) is 8.85. The van der Waals surface area contributed by atoms with Crippen LogP contribution in [0, 0.1) is 0 Å². The fourth-order valence-corrected chi connectivity index (χ4v) is 6.28. The fraction of sp³-hybridized carbons (Fsp3) is 0.579. The minimum atomic E-state index is -0.697. The summed E-state index contributed by atoms with van der Waals surface area (Å²) in [6.07, 6.45) is 25.9. The molecular formula is C38H52O6. The molecule has 6 heteroatoms. The van der Waals surface area contributed by atoms with Crippen molar-refractivity contribution in [1.82, 2.24) is 0 Å². The largest absolute Gasteiger partial charge is 0.481 e. The van der Waals surface area contributed by atoms with E-state index >= 15 is 0 Å². The van der Waals surface area contributed by atoms with Gasteiger partial charge in [-0.25, -0.2) is 0 Å². The van der Waals surface area contributed by atoms with Crippen LogP contribution in [0.5, 0.6) is 0 Å². The van der Waals surface area contributed by atoms with Crippen molar-refractivity contribution < 1.29 is 29.4 Å². The number of unbranched alkanes of at least 4 members (excludes halogenated alkanes) is 16. The van der Waals surface area contributed by atoms with Gasteiger partial charge in [-0.3, -0.25) is 19.2 Å². The van der Waals surface area contributed by atoms with Crippen molar-refractivity contribution in [3.05, 3.63) is 45.8 Å². The Morgan fingerprint density at radius 3 is 1.05 bits per heavy atom. The number of carbonyl (C=O) groups is 4. The number of carboxylic acids is 2. The standard InChI is InChI=1S/C38H52O6/c39-35-27-33-25-31-23-29(19-15-11-7-3-1-5-9-13-17-21-37(41)42)30(24-32(31)26-34(33)28-36(35)40)20-16-12-8-4-2-6-10-14-18-22-38(43)44/h23-28H,1-22H2,(H,41,42)(H,43,44). The molecule has 2 aromatic rings. The van der Waals surface area contributed by atoms with Crippen LogP contribution in [0.2, 0.25) is 0 Å². The molecule has 0 aromatic heterocycles. The molecule has 44 heavy (non-hydrogen) atoms. The zero-order valence-electron chi connectivity index (χ0n) is 26.5. The molecule has 2 aromatic carbocycles. The van der Waals surface area contributed by atoms with E-state index in [2.05, 4.69) is 24.3 Å². The van der Waals surface area contributed by atoms with Gasteiger partial charge in [0, 0.05) is 12.8 Å². The van der Waals surface area contributed by atoms with Gasteiger partial charge in [-0.15, -0.1) is 0 Å². The Balaban J connectivity index is 1.48. The number of aliphatic carboxylic acids is 2. The van der Waals surface area contributed by atoms with Crippen LogP contribution < -0.4 is 10.4 Å². The highest BCUT2D eigenvalue weighted by atomic mass is 16.4. The zero-order chi connectivity index (χ0) is 31.6. The molecule has 0 aliphatic heterocycles. The lowest BCUT2D eigenvalue weighted by Crippen LogP contribution is -2.33. The lowest BCUT2D eigenvalue weighted by molar-refractivity contribution is -0.138. The van der Waals surface area contributed by atoms with Gasteiger partial charge < -0.3 is 10.2 Å². The van der Waals surface area contributed by atoms with E-state index in [0.717, 1.165) is 85.4 Å². The number of hydrogen-bond acceptors (Lipinski definition) is 4. The van der Waals surface area contributed by atoms with Crippen molar-refractivity contribution in [2.24, 2.45) is 0 Å². The number of Topliss-reactive ketones (excluding diaryl/α,β-unsaturated/α-hetero) is 2. The maximum atomic E-state index is 12.0. The van der Waals surface area contributed by atoms with Gasteiger partial charge in [0.25, 0.3) is 0 Å². The molecule has 0 radical (unpaired) electrons. The second-order valence-corrected chi connectivity index (χ2v) is 12.6. The van der Waals surface area contributed by atoms with Crippen LogP contribution in [0.3, 0.4) is 0 Å². The van der Waals surface area contributed by atoms with Gasteiger partial charge in [-0.1, -0.05) is 102 Å². The lowest BCUT2D eigenvalue weighted by atomic mass is 9.92. The Morgan fingerprint density at radius 1 is 0.432 bits per heavy atom. The van der Waals surface area contributed by atoms with Crippen molar-refractivity contribution in [2.45, 2.75) is 141 Å². The summed E-state index contributed by atoms with van der Waals surface area (Å²) >= 11 is 0. The second kappa shape index (κ2) is 19.9. The number of fused-ring (bicyclic) bond motifs is 2. The molecule has 2 N–H and O–H groups in total. The quantitative estimate of drug-likeness (QED) is 0.0943. The highest BCUT2D eigenvalue weighted by Crippen LogP contribution is 2.24. The number of carbonyl (C=O) groups excluding carboxylic acids is 2. The Labute approximate surface area is 262 Å². The van der Waals surface area contributed by atoms with E-state index in [-0.39, 0.29) is 12.8 Å². The van der Waals surface area contributed by atoms with E-state index < -0.39 is 23.5 Å². The van der Waals surface area contributed by atoms with Gasteiger partial charge in [0.15, 0.2) is 0 Å². The van der Waals surface area contributed by atoms with Gasteiger partial charge in [0.2, 0.25) is 11.6 Å². The molecule has 0 saturated carbocycles. The molecule has 240 valence electrons. The van der Waals surface area contributed by atoms with E-state index in [1.807, 2.05) is 0 Å². The van der Waals surface area contributed by atoms with E-state index in [4.69, 9.17) is 10.2 Å². The predicted octanol–water partition coefficient (Wildman–Crippen LogP) is 7.61. The molecule has 0 heterocycles. The van der Waals surface area contributed by atoms with Crippen LogP contribution in [0.15, 0.2) is 24.3 Å². The van der Waals surface area contributed by atoms with Crippen molar-refractivity contribution in [3.8, 4) is 0 Å². The zero-order valence-corrected chi connectivity index (χ0v) is 26.5. The molecule has 6 nitrogen and oxygen atoms in total. The summed E-state index contributed by atoms with van der Waals surface area (Å²) in [4.78, 5) is 45.2. The van der Waals surface area contributed by atoms with Crippen molar-refractivity contribution in [1.29, 1.82) is 0 Å². The topological polar surface area (TPSA) is 109 Å². The molecule has 0 fully saturated rings. The first kappa shape index (κ1) is 35.2. The smallest absolute Gasteiger partial charge is 0.303 e. The second-order valence-electron chi connectivity index (χ2n) is 12.6. The number of aryl methyl sites for hydroxylation is 2.